The Morgan fingerprint density at radius 2 is 2.50 bits per heavy atom. The molecule has 1 aliphatic heterocycles. The second kappa shape index (κ2) is 6.00. The van der Waals surface area contributed by atoms with E-state index in [1.165, 1.54) is 6.42 Å². The predicted octanol–water partition coefficient (Wildman–Crippen LogP) is 1.29. The average Bonchev–Trinajstić information content (AvgIpc) is 2.89. The van der Waals surface area contributed by atoms with E-state index in [2.05, 4.69) is 22.2 Å². The standard InChI is InChI=1S/C13H22N4O/c1-10-5-3-4-8-17(10)13(18)11(2)16-9-12-14-6-7-15-12/h6-7,10-11,16H,3-5,8-9H2,1-2H3,(H,14,15). The van der Waals surface area contributed by atoms with Gasteiger partial charge in [0.25, 0.3) is 0 Å². The summed E-state index contributed by atoms with van der Waals surface area (Å²) in [6.07, 6.45) is 6.99. The SMILES string of the molecule is CC(NCc1ncc[nH]1)C(=O)N1CCCCC1C. The lowest BCUT2D eigenvalue weighted by molar-refractivity contribution is -0.136. The van der Waals surface area contributed by atoms with Gasteiger partial charge in [-0.15, -0.1) is 0 Å². The zero-order valence-electron chi connectivity index (χ0n) is 11.1. The molecular formula is C13H22N4O. The van der Waals surface area contributed by atoms with E-state index in [4.69, 9.17) is 0 Å². The van der Waals surface area contributed by atoms with Crippen LogP contribution in [0.3, 0.4) is 0 Å². The lowest BCUT2D eigenvalue weighted by Crippen LogP contribution is -2.50. The largest absolute Gasteiger partial charge is 0.348 e. The minimum absolute atomic E-state index is 0.157. The Hall–Kier alpha value is -1.36. The molecule has 100 valence electrons. The number of likely N-dealkylation sites (tertiary alicyclic amines) is 1. The number of piperidine rings is 1. The number of aromatic nitrogens is 2. The third kappa shape index (κ3) is 3.10. The molecule has 1 saturated heterocycles. The molecule has 1 aliphatic rings. The van der Waals surface area contributed by atoms with Crippen molar-refractivity contribution in [3.05, 3.63) is 18.2 Å². The van der Waals surface area contributed by atoms with E-state index in [0.717, 1.165) is 25.2 Å². The monoisotopic (exact) mass is 250 g/mol. The van der Waals surface area contributed by atoms with Crippen LogP contribution in [0.25, 0.3) is 0 Å². The van der Waals surface area contributed by atoms with Crippen LogP contribution < -0.4 is 5.32 Å². The number of carbonyl (C=O) groups excluding carboxylic acids is 1. The van der Waals surface area contributed by atoms with Crippen LogP contribution >= 0.6 is 0 Å². The minimum Gasteiger partial charge on any atom is -0.348 e. The Morgan fingerprint density at radius 3 is 3.17 bits per heavy atom. The average molecular weight is 250 g/mol. The molecule has 1 aromatic heterocycles. The van der Waals surface area contributed by atoms with E-state index in [1.54, 1.807) is 12.4 Å². The lowest BCUT2D eigenvalue weighted by Gasteiger charge is -2.35. The first-order valence-electron chi connectivity index (χ1n) is 6.70. The topological polar surface area (TPSA) is 61.0 Å². The van der Waals surface area contributed by atoms with Crippen molar-refractivity contribution in [3.8, 4) is 0 Å². The fourth-order valence-electron chi connectivity index (χ4n) is 2.41. The van der Waals surface area contributed by atoms with Crippen LogP contribution in [0.2, 0.25) is 0 Å². The molecule has 2 unspecified atom stereocenters. The molecule has 0 bridgehead atoms. The number of rotatable bonds is 4. The molecule has 1 amide bonds. The third-order valence-corrected chi connectivity index (χ3v) is 3.59. The molecule has 1 fully saturated rings. The fourth-order valence-corrected chi connectivity index (χ4v) is 2.41. The van der Waals surface area contributed by atoms with E-state index >= 15 is 0 Å². The van der Waals surface area contributed by atoms with Crippen molar-refractivity contribution in [2.24, 2.45) is 0 Å². The van der Waals surface area contributed by atoms with Crippen LogP contribution in [0, 0.1) is 0 Å². The second-order valence-corrected chi connectivity index (χ2v) is 5.01. The van der Waals surface area contributed by atoms with Gasteiger partial charge in [0.05, 0.1) is 12.6 Å². The highest BCUT2D eigenvalue weighted by atomic mass is 16.2. The number of nitrogens with zero attached hydrogens (tertiary/aromatic N) is 2. The molecule has 1 aromatic rings. The zero-order chi connectivity index (χ0) is 13.0. The van der Waals surface area contributed by atoms with Crippen LogP contribution in [0.5, 0.6) is 0 Å². The van der Waals surface area contributed by atoms with E-state index in [-0.39, 0.29) is 11.9 Å². The maximum absolute atomic E-state index is 12.3. The van der Waals surface area contributed by atoms with Gasteiger partial charge in [0, 0.05) is 25.0 Å². The van der Waals surface area contributed by atoms with Crippen molar-refractivity contribution >= 4 is 5.91 Å². The van der Waals surface area contributed by atoms with Crippen molar-refractivity contribution in [1.29, 1.82) is 0 Å². The van der Waals surface area contributed by atoms with Gasteiger partial charge < -0.3 is 9.88 Å². The van der Waals surface area contributed by atoms with Gasteiger partial charge in [0.15, 0.2) is 0 Å². The Bertz CT molecular complexity index is 376. The van der Waals surface area contributed by atoms with Crippen LogP contribution in [0.1, 0.15) is 38.9 Å². The molecule has 0 aliphatic carbocycles. The summed E-state index contributed by atoms with van der Waals surface area (Å²) < 4.78 is 0. The van der Waals surface area contributed by atoms with Crippen molar-refractivity contribution in [1.82, 2.24) is 20.2 Å². The molecule has 5 heteroatoms. The number of hydrogen-bond donors (Lipinski definition) is 2. The summed E-state index contributed by atoms with van der Waals surface area (Å²) in [5, 5.41) is 3.22. The fraction of sp³-hybridized carbons (Fsp3) is 0.692. The summed E-state index contributed by atoms with van der Waals surface area (Å²) in [7, 11) is 0. The van der Waals surface area contributed by atoms with Gasteiger partial charge in [-0.25, -0.2) is 4.98 Å². The predicted molar refractivity (Wildman–Crippen MR) is 69.9 cm³/mol. The van der Waals surface area contributed by atoms with Crippen LogP contribution in [-0.2, 0) is 11.3 Å². The molecule has 0 aromatic carbocycles. The van der Waals surface area contributed by atoms with Gasteiger partial charge in [-0.05, 0) is 33.1 Å². The number of amides is 1. The van der Waals surface area contributed by atoms with Crippen LogP contribution in [-0.4, -0.2) is 39.4 Å². The normalized spacial score (nSPS) is 21.9. The first-order chi connectivity index (χ1) is 8.68. The number of nitrogens with one attached hydrogen (secondary N) is 2. The molecule has 0 saturated carbocycles. The van der Waals surface area contributed by atoms with Gasteiger partial charge in [0.1, 0.15) is 5.82 Å². The Labute approximate surface area is 108 Å². The van der Waals surface area contributed by atoms with Crippen LogP contribution in [0.4, 0.5) is 0 Å². The summed E-state index contributed by atoms with van der Waals surface area (Å²) in [6, 6.07) is 0.217. The smallest absolute Gasteiger partial charge is 0.239 e. The number of carbonyl (C=O) groups is 1. The van der Waals surface area contributed by atoms with E-state index in [1.807, 2.05) is 11.8 Å². The lowest BCUT2D eigenvalue weighted by atomic mass is 10.0. The van der Waals surface area contributed by atoms with Gasteiger partial charge in [-0.2, -0.15) is 0 Å². The molecule has 5 nitrogen and oxygen atoms in total. The minimum atomic E-state index is -0.157. The first kappa shape index (κ1) is 13.1. The highest BCUT2D eigenvalue weighted by molar-refractivity contribution is 5.81. The van der Waals surface area contributed by atoms with Crippen LogP contribution in [0.15, 0.2) is 12.4 Å². The molecule has 18 heavy (non-hydrogen) atoms. The van der Waals surface area contributed by atoms with Crippen molar-refractivity contribution in [3.63, 3.8) is 0 Å². The Kier molecular flexibility index (Phi) is 4.36. The summed E-state index contributed by atoms with van der Waals surface area (Å²) >= 11 is 0. The highest BCUT2D eigenvalue weighted by Gasteiger charge is 2.26. The molecule has 2 heterocycles. The highest BCUT2D eigenvalue weighted by Crippen LogP contribution is 2.17. The summed E-state index contributed by atoms with van der Waals surface area (Å²) in [5.74, 6) is 1.06. The van der Waals surface area contributed by atoms with Crippen molar-refractivity contribution in [2.45, 2.75) is 51.7 Å². The molecule has 0 radical (unpaired) electrons. The first-order valence-corrected chi connectivity index (χ1v) is 6.70. The van der Waals surface area contributed by atoms with Gasteiger partial charge in [-0.3, -0.25) is 10.1 Å². The molecule has 0 spiro atoms. The van der Waals surface area contributed by atoms with E-state index in [9.17, 15) is 4.79 Å². The number of aromatic amines is 1. The van der Waals surface area contributed by atoms with Gasteiger partial charge in [0.2, 0.25) is 5.91 Å². The second-order valence-electron chi connectivity index (χ2n) is 5.01. The molecule has 2 rings (SSSR count). The quantitative estimate of drug-likeness (QED) is 0.846. The number of imidazole rings is 1. The maximum atomic E-state index is 12.3. The van der Waals surface area contributed by atoms with E-state index in [0.29, 0.717) is 12.6 Å². The summed E-state index contributed by atoms with van der Waals surface area (Å²) in [5.41, 5.74) is 0. The zero-order valence-corrected chi connectivity index (χ0v) is 11.1. The number of H-pyrrole nitrogens is 1. The van der Waals surface area contributed by atoms with Gasteiger partial charge in [-0.1, -0.05) is 0 Å². The van der Waals surface area contributed by atoms with Crippen molar-refractivity contribution in [2.75, 3.05) is 6.54 Å². The van der Waals surface area contributed by atoms with Crippen molar-refractivity contribution < 1.29 is 4.79 Å². The summed E-state index contributed by atoms with van der Waals surface area (Å²) in [4.78, 5) is 21.5. The molecule has 2 atom stereocenters. The molecular weight excluding hydrogens is 228 g/mol. The molecule has 2 N–H and O–H groups in total. The Balaban J connectivity index is 1.84. The summed E-state index contributed by atoms with van der Waals surface area (Å²) in [6.45, 7) is 5.55. The van der Waals surface area contributed by atoms with Gasteiger partial charge >= 0.3 is 0 Å². The Morgan fingerprint density at radius 1 is 1.67 bits per heavy atom. The third-order valence-electron chi connectivity index (χ3n) is 3.59. The maximum Gasteiger partial charge on any atom is 0.239 e. The number of hydrogen-bond acceptors (Lipinski definition) is 3. The van der Waals surface area contributed by atoms with E-state index < -0.39 is 0 Å².